The van der Waals surface area contributed by atoms with Gasteiger partial charge in [-0.25, -0.2) is 19.3 Å². The van der Waals surface area contributed by atoms with Crippen LogP contribution in [0.4, 0.5) is 16.2 Å². The number of pyridine rings is 1. The number of nitrogens with one attached hydrogen (secondary N) is 2. The van der Waals surface area contributed by atoms with Gasteiger partial charge in [-0.15, -0.1) is 0 Å². The zero-order valence-corrected chi connectivity index (χ0v) is 21.5. The number of H-pyrrole nitrogens is 1. The second kappa shape index (κ2) is 10.4. The number of benzene rings is 1. The van der Waals surface area contributed by atoms with Crippen molar-refractivity contribution < 1.29 is 9.18 Å². The second-order valence-corrected chi connectivity index (χ2v) is 10.2. The van der Waals surface area contributed by atoms with Crippen molar-refractivity contribution in [2.24, 2.45) is 0 Å². The number of nitrogens with zero attached hydrogens (tertiary/aromatic N) is 6. The standard InChI is InChI=1S/C28H31FN8O/c1-18(38)37-12-10-36(11-13-37)17-19-6-9-25(30-15-19)32-28-31-16-23(29)27(33-28)21-7-8-24-22(14-21)26(35-34-24)20-4-2-3-5-20/h6-9,14-16,20H,2-5,10-13,17H2,1H3,(H,34,35)(H,30,31,32,33). The van der Waals surface area contributed by atoms with E-state index in [-0.39, 0.29) is 17.5 Å². The number of amides is 1. The Hall–Kier alpha value is -3.92. The molecule has 4 heterocycles. The number of fused-ring (bicyclic) bond motifs is 1. The fourth-order valence-electron chi connectivity index (χ4n) is 5.52. The van der Waals surface area contributed by atoms with E-state index in [4.69, 9.17) is 0 Å². The Balaban J connectivity index is 1.16. The Kier molecular flexibility index (Phi) is 6.71. The zero-order valence-electron chi connectivity index (χ0n) is 21.5. The van der Waals surface area contributed by atoms with E-state index in [0.29, 0.717) is 17.3 Å². The average Bonchev–Trinajstić information content (AvgIpc) is 3.61. The summed E-state index contributed by atoms with van der Waals surface area (Å²) in [5.74, 6) is 0.992. The van der Waals surface area contributed by atoms with E-state index in [1.54, 1.807) is 6.92 Å². The summed E-state index contributed by atoms with van der Waals surface area (Å²) in [4.78, 5) is 28.8. The molecule has 0 radical (unpaired) electrons. The van der Waals surface area contributed by atoms with Crippen LogP contribution in [0.5, 0.6) is 0 Å². The first-order valence-electron chi connectivity index (χ1n) is 13.2. The van der Waals surface area contributed by atoms with Gasteiger partial charge in [-0.05, 0) is 36.6 Å². The fraction of sp³-hybridized carbons (Fsp3) is 0.393. The lowest BCUT2D eigenvalue weighted by molar-refractivity contribution is -0.130. The number of hydrogen-bond donors (Lipinski definition) is 2. The summed E-state index contributed by atoms with van der Waals surface area (Å²) < 4.78 is 14.8. The zero-order chi connectivity index (χ0) is 26.1. The summed E-state index contributed by atoms with van der Waals surface area (Å²) in [7, 11) is 0. The Morgan fingerprint density at radius 2 is 1.89 bits per heavy atom. The predicted molar refractivity (Wildman–Crippen MR) is 143 cm³/mol. The van der Waals surface area contributed by atoms with E-state index in [1.165, 1.54) is 19.0 Å². The van der Waals surface area contributed by atoms with Crippen LogP contribution in [0.15, 0.2) is 42.7 Å². The molecule has 1 saturated heterocycles. The molecule has 1 aliphatic carbocycles. The Morgan fingerprint density at radius 1 is 1.08 bits per heavy atom. The average molecular weight is 515 g/mol. The lowest BCUT2D eigenvalue weighted by Gasteiger charge is -2.34. The third-order valence-electron chi connectivity index (χ3n) is 7.65. The minimum absolute atomic E-state index is 0.128. The molecule has 1 amide bonds. The van der Waals surface area contributed by atoms with Gasteiger partial charge in [0.05, 0.1) is 11.7 Å². The van der Waals surface area contributed by atoms with Gasteiger partial charge >= 0.3 is 0 Å². The van der Waals surface area contributed by atoms with E-state index < -0.39 is 5.82 Å². The third-order valence-corrected chi connectivity index (χ3v) is 7.65. The van der Waals surface area contributed by atoms with Crippen LogP contribution < -0.4 is 5.32 Å². The van der Waals surface area contributed by atoms with Crippen molar-refractivity contribution in [1.29, 1.82) is 0 Å². The van der Waals surface area contributed by atoms with Gasteiger partial charge in [0.1, 0.15) is 11.5 Å². The number of aromatic amines is 1. The first-order valence-corrected chi connectivity index (χ1v) is 13.2. The normalized spacial score (nSPS) is 16.8. The summed E-state index contributed by atoms with van der Waals surface area (Å²) >= 11 is 0. The summed E-state index contributed by atoms with van der Waals surface area (Å²) in [5.41, 5.74) is 4.03. The van der Waals surface area contributed by atoms with Gasteiger partial charge in [0.25, 0.3) is 0 Å². The molecule has 9 nitrogen and oxygen atoms in total. The summed E-state index contributed by atoms with van der Waals surface area (Å²) in [5, 5.41) is 11.8. The van der Waals surface area contributed by atoms with Gasteiger partial charge in [-0.1, -0.05) is 25.0 Å². The number of halogens is 1. The molecule has 1 aromatic carbocycles. The van der Waals surface area contributed by atoms with Gasteiger partial charge in [0, 0.05) is 68.4 Å². The van der Waals surface area contributed by atoms with Crippen molar-refractivity contribution in [2.45, 2.75) is 45.1 Å². The topological polar surface area (TPSA) is 103 Å². The number of anilines is 2. The first kappa shape index (κ1) is 24.4. The molecule has 1 saturated carbocycles. The molecule has 2 N–H and O–H groups in total. The van der Waals surface area contributed by atoms with Gasteiger partial charge in [-0.3, -0.25) is 14.8 Å². The molecular formula is C28H31FN8O. The molecule has 0 unspecified atom stereocenters. The largest absolute Gasteiger partial charge is 0.340 e. The minimum atomic E-state index is -0.478. The third kappa shape index (κ3) is 5.08. The van der Waals surface area contributed by atoms with Crippen LogP contribution in [0.2, 0.25) is 0 Å². The Bertz CT molecular complexity index is 1440. The molecule has 3 aromatic heterocycles. The van der Waals surface area contributed by atoms with Gasteiger partial charge < -0.3 is 10.2 Å². The Labute approximate surface area is 220 Å². The Morgan fingerprint density at radius 3 is 2.63 bits per heavy atom. The maximum absolute atomic E-state index is 14.8. The maximum atomic E-state index is 14.8. The van der Waals surface area contributed by atoms with Crippen molar-refractivity contribution in [3.05, 3.63) is 59.8 Å². The van der Waals surface area contributed by atoms with Crippen molar-refractivity contribution in [1.82, 2.24) is 34.9 Å². The number of piperazine rings is 1. The SMILES string of the molecule is CC(=O)N1CCN(Cc2ccc(Nc3ncc(F)c(-c4ccc5n[nH]c(C6CCCC6)c5c4)n3)nc2)CC1. The van der Waals surface area contributed by atoms with Crippen LogP contribution in [0, 0.1) is 5.82 Å². The van der Waals surface area contributed by atoms with Crippen LogP contribution in [0.3, 0.4) is 0 Å². The molecule has 2 aliphatic rings. The van der Waals surface area contributed by atoms with Gasteiger partial charge in [0.2, 0.25) is 11.9 Å². The molecule has 2 fully saturated rings. The van der Waals surface area contributed by atoms with E-state index in [1.807, 2.05) is 41.4 Å². The van der Waals surface area contributed by atoms with Crippen molar-refractivity contribution in [3.63, 3.8) is 0 Å². The molecule has 4 aromatic rings. The quantitative estimate of drug-likeness (QED) is 0.387. The smallest absolute Gasteiger partial charge is 0.229 e. The fourth-order valence-corrected chi connectivity index (χ4v) is 5.52. The highest BCUT2D eigenvalue weighted by Gasteiger charge is 2.22. The molecule has 196 valence electrons. The second-order valence-electron chi connectivity index (χ2n) is 10.2. The molecule has 0 bridgehead atoms. The van der Waals surface area contributed by atoms with Crippen molar-refractivity contribution in [2.75, 3.05) is 31.5 Å². The molecular weight excluding hydrogens is 483 g/mol. The van der Waals surface area contributed by atoms with Crippen LogP contribution in [-0.4, -0.2) is 67.0 Å². The number of rotatable bonds is 6. The molecule has 38 heavy (non-hydrogen) atoms. The van der Waals surface area contributed by atoms with E-state index >= 15 is 0 Å². The monoisotopic (exact) mass is 514 g/mol. The highest BCUT2D eigenvalue weighted by atomic mass is 19.1. The number of hydrogen-bond acceptors (Lipinski definition) is 7. The predicted octanol–water partition coefficient (Wildman–Crippen LogP) is 4.62. The van der Waals surface area contributed by atoms with Crippen LogP contribution in [-0.2, 0) is 11.3 Å². The maximum Gasteiger partial charge on any atom is 0.229 e. The van der Waals surface area contributed by atoms with Crippen LogP contribution >= 0.6 is 0 Å². The molecule has 6 rings (SSSR count). The van der Waals surface area contributed by atoms with Crippen LogP contribution in [0.25, 0.3) is 22.2 Å². The van der Waals surface area contributed by atoms with E-state index in [0.717, 1.165) is 67.7 Å². The molecule has 0 spiro atoms. The van der Waals surface area contributed by atoms with Crippen molar-refractivity contribution in [3.8, 4) is 11.3 Å². The number of aromatic nitrogens is 5. The van der Waals surface area contributed by atoms with Gasteiger partial charge in [-0.2, -0.15) is 5.10 Å². The number of carbonyl (C=O) groups is 1. The van der Waals surface area contributed by atoms with Crippen molar-refractivity contribution >= 4 is 28.6 Å². The number of carbonyl (C=O) groups excluding carboxylic acids is 1. The van der Waals surface area contributed by atoms with E-state index in [2.05, 4.69) is 35.4 Å². The first-order chi connectivity index (χ1) is 18.5. The highest BCUT2D eigenvalue weighted by molar-refractivity contribution is 5.86. The summed E-state index contributed by atoms with van der Waals surface area (Å²) in [6, 6.07) is 9.62. The summed E-state index contributed by atoms with van der Waals surface area (Å²) in [6.07, 6.45) is 7.78. The van der Waals surface area contributed by atoms with Gasteiger partial charge in [0.15, 0.2) is 5.82 Å². The minimum Gasteiger partial charge on any atom is -0.340 e. The lowest BCUT2D eigenvalue weighted by atomic mass is 9.99. The molecule has 10 heteroatoms. The van der Waals surface area contributed by atoms with E-state index in [9.17, 15) is 9.18 Å². The lowest BCUT2D eigenvalue weighted by Crippen LogP contribution is -2.47. The highest BCUT2D eigenvalue weighted by Crippen LogP contribution is 2.37. The molecule has 0 atom stereocenters. The molecule has 1 aliphatic heterocycles. The van der Waals surface area contributed by atoms with Crippen LogP contribution in [0.1, 0.15) is 49.8 Å². The summed E-state index contributed by atoms with van der Waals surface area (Å²) in [6.45, 7) is 5.58.